The first-order valence-corrected chi connectivity index (χ1v) is 6.86. The number of amides is 2. The molecule has 0 spiro atoms. The van der Waals surface area contributed by atoms with Crippen LogP contribution in [0.5, 0.6) is 0 Å². The molecule has 2 N–H and O–H groups in total. The van der Waals surface area contributed by atoms with Crippen LogP contribution in [0.1, 0.15) is 17.0 Å². The molecule has 1 atom stereocenters. The van der Waals surface area contributed by atoms with Crippen molar-refractivity contribution in [2.75, 3.05) is 26.7 Å². The highest BCUT2D eigenvalue weighted by molar-refractivity contribution is 9.10. The molecule has 6 nitrogen and oxygen atoms in total. The molecule has 19 heavy (non-hydrogen) atoms. The van der Waals surface area contributed by atoms with Gasteiger partial charge in [-0.2, -0.15) is 0 Å². The van der Waals surface area contributed by atoms with Crippen LogP contribution in [0.15, 0.2) is 21.2 Å². The molecule has 1 aromatic rings. The van der Waals surface area contributed by atoms with E-state index in [2.05, 4.69) is 26.6 Å². The summed E-state index contributed by atoms with van der Waals surface area (Å²) in [7, 11) is 1.57. The Morgan fingerprint density at radius 2 is 2.37 bits per heavy atom. The molecule has 1 fully saturated rings. The second-order valence-corrected chi connectivity index (χ2v) is 5.30. The van der Waals surface area contributed by atoms with E-state index in [1.807, 2.05) is 0 Å². The van der Waals surface area contributed by atoms with Gasteiger partial charge >= 0.3 is 0 Å². The van der Waals surface area contributed by atoms with E-state index in [9.17, 15) is 9.59 Å². The minimum atomic E-state index is -0.314. The zero-order valence-corrected chi connectivity index (χ0v) is 12.2. The van der Waals surface area contributed by atoms with Crippen molar-refractivity contribution in [3.63, 3.8) is 0 Å². The molecule has 104 valence electrons. The summed E-state index contributed by atoms with van der Waals surface area (Å²) in [6.07, 6.45) is 0.925. The fourth-order valence-corrected chi connectivity index (χ4v) is 2.26. The average Bonchev–Trinajstić information content (AvgIpc) is 2.99. The predicted octanol–water partition coefficient (Wildman–Crippen LogP) is 0.592. The SMILES string of the molecule is CN(CC(=O)NC1CCNC1)C(=O)c1ccc(Br)o1. The topological polar surface area (TPSA) is 74.6 Å². The molecule has 2 heterocycles. The molecule has 2 amide bonds. The van der Waals surface area contributed by atoms with Gasteiger partial charge in [0, 0.05) is 19.6 Å². The maximum atomic E-state index is 11.9. The Bertz CT molecular complexity index is 469. The van der Waals surface area contributed by atoms with Crippen molar-refractivity contribution in [1.82, 2.24) is 15.5 Å². The Hall–Kier alpha value is -1.34. The van der Waals surface area contributed by atoms with Crippen molar-refractivity contribution in [2.24, 2.45) is 0 Å². The van der Waals surface area contributed by atoms with Gasteiger partial charge in [-0.3, -0.25) is 9.59 Å². The number of furan rings is 1. The number of nitrogens with one attached hydrogen (secondary N) is 2. The second kappa shape index (κ2) is 6.21. The molecule has 0 aliphatic carbocycles. The average molecular weight is 330 g/mol. The molecule has 0 radical (unpaired) electrons. The number of likely N-dealkylation sites (N-methyl/N-ethyl adjacent to an activating group) is 1. The van der Waals surface area contributed by atoms with Gasteiger partial charge in [0.15, 0.2) is 10.4 Å². The first kappa shape index (κ1) is 14.1. The summed E-state index contributed by atoms with van der Waals surface area (Å²) in [4.78, 5) is 25.1. The molecule has 1 saturated heterocycles. The Morgan fingerprint density at radius 3 is 2.95 bits per heavy atom. The molecule has 2 rings (SSSR count). The van der Waals surface area contributed by atoms with Gasteiger partial charge in [-0.05, 0) is 41.0 Å². The van der Waals surface area contributed by atoms with E-state index in [4.69, 9.17) is 4.42 Å². The van der Waals surface area contributed by atoms with Crippen LogP contribution in [0.3, 0.4) is 0 Å². The Balaban J connectivity index is 1.84. The standard InChI is InChI=1S/C12H16BrN3O3/c1-16(12(18)9-2-3-10(13)19-9)7-11(17)15-8-4-5-14-6-8/h2-3,8,14H,4-7H2,1H3,(H,15,17). The molecule has 1 unspecified atom stereocenters. The van der Waals surface area contributed by atoms with E-state index in [0.29, 0.717) is 4.67 Å². The third-order valence-electron chi connectivity index (χ3n) is 2.94. The molecule has 1 aliphatic heterocycles. The van der Waals surface area contributed by atoms with Gasteiger partial charge in [-0.25, -0.2) is 0 Å². The smallest absolute Gasteiger partial charge is 0.289 e. The number of hydrogen-bond donors (Lipinski definition) is 2. The fourth-order valence-electron chi connectivity index (χ4n) is 1.96. The summed E-state index contributed by atoms with van der Waals surface area (Å²) in [5, 5.41) is 6.05. The van der Waals surface area contributed by atoms with Crippen molar-refractivity contribution in [3.8, 4) is 0 Å². The second-order valence-electron chi connectivity index (χ2n) is 4.52. The summed E-state index contributed by atoms with van der Waals surface area (Å²) in [5.41, 5.74) is 0. The summed E-state index contributed by atoms with van der Waals surface area (Å²) in [5.74, 6) is -0.259. The molecule has 0 saturated carbocycles. The first-order chi connectivity index (χ1) is 9.06. The summed E-state index contributed by atoms with van der Waals surface area (Å²) in [6.45, 7) is 1.72. The van der Waals surface area contributed by atoms with Crippen LogP contribution in [0.4, 0.5) is 0 Å². The van der Waals surface area contributed by atoms with Gasteiger partial charge < -0.3 is 20.0 Å². The van der Waals surface area contributed by atoms with E-state index in [1.165, 1.54) is 4.90 Å². The van der Waals surface area contributed by atoms with Crippen LogP contribution >= 0.6 is 15.9 Å². The fraction of sp³-hybridized carbons (Fsp3) is 0.500. The number of rotatable bonds is 4. The third kappa shape index (κ3) is 3.81. The van der Waals surface area contributed by atoms with Gasteiger partial charge in [-0.15, -0.1) is 0 Å². The zero-order chi connectivity index (χ0) is 13.8. The maximum Gasteiger partial charge on any atom is 0.289 e. The molecular weight excluding hydrogens is 314 g/mol. The molecular formula is C12H16BrN3O3. The van der Waals surface area contributed by atoms with Gasteiger partial charge in [0.1, 0.15) is 0 Å². The highest BCUT2D eigenvalue weighted by atomic mass is 79.9. The van der Waals surface area contributed by atoms with Crippen molar-refractivity contribution in [2.45, 2.75) is 12.5 Å². The van der Waals surface area contributed by atoms with Crippen LogP contribution in [0.25, 0.3) is 0 Å². The monoisotopic (exact) mass is 329 g/mol. The number of nitrogens with zero attached hydrogens (tertiary/aromatic N) is 1. The van der Waals surface area contributed by atoms with E-state index in [-0.39, 0.29) is 30.2 Å². The lowest BCUT2D eigenvalue weighted by atomic mass is 10.2. The van der Waals surface area contributed by atoms with Gasteiger partial charge in [0.05, 0.1) is 6.54 Å². The lowest BCUT2D eigenvalue weighted by Crippen LogP contribution is -2.43. The number of carbonyl (C=O) groups excluding carboxylic acids is 2. The highest BCUT2D eigenvalue weighted by Gasteiger charge is 2.21. The molecule has 1 aromatic heterocycles. The van der Waals surface area contributed by atoms with Crippen LogP contribution in [0.2, 0.25) is 0 Å². The lowest BCUT2D eigenvalue weighted by molar-refractivity contribution is -0.122. The minimum absolute atomic E-state index is 0.0215. The van der Waals surface area contributed by atoms with Crippen LogP contribution in [0, 0.1) is 0 Å². The first-order valence-electron chi connectivity index (χ1n) is 6.07. The maximum absolute atomic E-state index is 11.9. The van der Waals surface area contributed by atoms with Gasteiger partial charge in [-0.1, -0.05) is 0 Å². The number of hydrogen-bond acceptors (Lipinski definition) is 4. The quantitative estimate of drug-likeness (QED) is 0.848. The summed E-state index contributed by atoms with van der Waals surface area (Å²) >= 11 is 3.14. The Labute approximate surface area is 119 Å². The zero-order valence-electron chi connectivity index (χ0n) is 10.6. The van der Waals surface area contributed by atoms with E-state index < -0.39 is 0 Å². The van der Waals surface area contributed by atoms with Crippen LogP contribution < -0.4 is 10.6 Å². The van der Waals surface area contributed by atoms with Crippen molar-refractivity contribution in [1.29, 1.82) is 0 Å². The van der Waals surface area contributed by atoms with E-state index in [0.717, 1.165) is 19.5 Å². The molecule has 0 bridgehead atoms. The van der Waals surface area contributed by atoms with Gasteiger partial charge in [0.25, 0.3) is 5.91 Å². The van der Waals surface area contributed by atoms with E-state index in [1.54, 1.807) is 19.2 Å². The molecule has 0 aromatic carbocycles. The van der Waals surface area contributed by atoms with Crippen molar-refractivity contribution >= 4 is 27.7 Å². The number of carbonyl (C=O) groups is 2. The van der Waals surface area contributed by atoms with Crippen LogP contribution in [-0.2, 0) is 4.79 Å². The van der Waals surface area contributed by atoms with Crippen molar-refractivity contribution < 1.29 is 14.0 Å². The summed E-state index contributed by atoms with van der Waals surface area (Å²) in [6, 6.07) is 3.38. The largest absolute Gasteiger partial charge is 0.444 e. The third-order valence-corrected chi connectivity index (χ3v) is 3.36. The Morgan fingerprint density at radius 1 is 1.58 bits per heavy atom. The van der Waals surface area contributed by atoms with Gasteiger partial charge in [0.2, 0.25) is 5.91 Å². The normalized spacial score (nSPS) is 18.3. The molecule has 1 aliphatic rings. The van der Waals surface area contributed by atoms with Crippen LogP contribution in [-0.4, -0.2) is 49.4 Å². The Kier molecular flexibility index (Phi) is 4.60. The lowest BCUT2D eigenvalue weighted by Gasteiger charge is -2.17. The highest BCUT2D eigenvalue weighted by Crippen LogP contribution is 2.15. The van der Waals surface area contributed by atoms with Crippen molar-refractivity contribution in [3.05, 3.63) is 22.6 Å². The predicted molar refractivity (Wildman–Crippen MR) is 72.8 cm³/mol. The van der Waals surface area contributed by atoms with E-state index >= 15 is 0 Å². The minimum Gasteiger partial charge on any atom is -0.444 e. The summed E-state index contributed by atoms with van der Waals surface area (Å²) < 4.78 is 5.66. The number of halogens is 1. The molecule has 7 heteroatoms.